The van der Waals surface area contributed by atoms with Crippen LogP contribution >= 0.6 is 0 Å². The van der Waals surface area contributed by atoms with Crippen LogP contribution in [0.25, 0.3) is 0 Å². The molecule has 2 saturated heterocycles. The van der Waals surface area contributed by atoms with Gasteiger partial charge in [0.25, 0.3) is 0 Å². The van der Waals surface area contributed by atoms with E-state index >= 15 is 0 Å². The number of carbonyl (C=O) groups excluding carboxylic acids is 1. The van der Waals surface area contributed by atoms with Crippen molar-refractivity contribution in [2.45, 2.75) is 56.3 Å². The lowest BCUT2D eigenvalue weighted by Crippen LogP contribution is -2.43. The van der Waals surface area contributed by atoms with Crippen LogP contribution in [0.3, 0.4) is 0 Å². The number of anilines is 1. The van der Waals surface area contributed by atoms with Crippen LogP contribution in [0.4, 0.5) is 5.69 Å². The molecule has 1 unspecified atom stereocenters. The van der Waals surface area contributed by atoms with Gasteiger partial charge >= 0.3 is 5.97 Å². The highest BCUT2D eigenvalue weighted by Gasteiger charge is 2.44. The van der Waals surface area contributed by atoms with Gasteiger partial charge in [-0.3, -0.25) is 4.79 Å². The van der Waals surface area contributed by atoms with E-state index in [0.717, 1.165) is 24.3 Å². The van der Waals surface area contributed by atoms with Crippen LogP contribution in [0.15, 0.2) is 59.5 Å². The van der Waals surface area contributed by atoms with E-state index in [-0.39, 0.29) is 16.4 Å². The minimum Gasteiger partial charge on any atom is -0.459 e. The summed E-state index contributed by atoms with van der Waals surface area (Å²) in [7, 11) is -5.12. The summed E-state index contributed by atoms with van der Waals surface area (Å²) in [4.78, 5) is 13.0. The lowest BCUT2D eigenvalue weighted by Gasteiger charge is -2.30. The van der Waals surface area contributed by atoms with E-state index in [1.54, 1.807) is 18.2 Å². The smallest absolute Gasteiger partial charge is 0.306 e. The molecule has 4 rings (SSSR count). The summed E-state index contributed by atoms with van der Waals surface area (Å²) >= 11 is 0. The Morgan fingerprint density at radius 1 is 1.32 bits per heavy atom. The maximum absolute atomic E-state index is 14.0. The molecule has 0 spiro atoms. The Bertz CT molecular complexity index is 1800. The number of aliphatic hydroxyl groups is 1. The number of rotatable bonds is 12. The molecule has 0 bridgehead atoms. The fraction of sp³-hybridized carbons (Fsp3) is 0.536. The van der Waals surface area contributed by atoms with Crippen molar-refractivity contribution >= 4 is 21.7 Å². The summed E-state index contributed by atoms with van der Waals surface area (Å²) in [5.74, 6) is -10.1. The summed E-state index contributed by atoms with van der Waals surface area (Å²) in [5.41, 5.74) is 6.18. The SMILES string of the molecule is [2H]C([2H])([2H])C([2H])(C)C([2H])([2H])N(C[C@@H](O)[C@@H](CC(=O)O[C@@]1([2H])C([2H])([2H])O[C@@]2([2H])OC([2H])([2H])C([2H])([2H])[C@]21[2H])Cc1ccccc1)S(=O)(=O)c1ccc(N)cc1. The van der Waals surface area contributed by atoms with E-state index in [9.17, 15) is 18.3 Å². The Labute approximate surface area is 246 Å². The number of fused-ring (bicyclic) bond motifs is 1. The number of carbonyl (C=O) groups is 1. The zero-order valence-corrected chi connectivity index (χ0v) is 21.1. The molecule has 0 aromatic heterocycles. The topological polar surface area (TPSA) is 128 Å². The summed E-state index contributed by atoms with van der Waals surface area (Å²) in [6, 6.07) is 12.1. The second-order valence-electron chi connectivity index (χ2n) is 8.56. The molecule has 2 aromatic rings. The second kappa shape index (κ2) is 12.6. The van der Waals surface area contributed by atoms with Gasteiger partial charge in [-0.2, -0.15) is 4.31 Å². The molecule has 2 fully saturated rings. The molecular formula is C28H38N2O7S. The van der Waals surface area contributed by atoms with Crippen molar-refractivity contribution in [1.29, 1.82) is 0 Å². The molecule has 2 aliphatic rings. The minimum absolute atomic E-state index is 0.0337. The highest BCUT2D eigenvalue weighted by Crippen LogP contribution is 2.33. The average Bonchev–Trinajstić information content (AvgIpc) is 3.19. The molecule has 3 N–H and O–H groups in total. The van der Waals surface area contributed by atoms with Gasteiger partial charge in [-0.25, -0.2) is 8.42 Å². The molecule has 2 aliphatic heterocycles. The van der Waals surface area contributed by atoms with Crippen molar-refractivity contribution in [1.82, 2.24) is 4.31 Å². The van der Waals surface area contributed by atoms with E-state index in [0.29, 0.717) is 12.5 Å². The first-order chi connectivity index (χ1) is 23.8. The number of nitrogen functional groups attached to an aromatic ring is 1. The summed E-state index contributed by atoms with van der Waals surface area (Å²) in [6.45, 7) is -14.9. The molecule has 10 heteroatoms. The van der Waals surface area contributed by atoms with Crippen molar-refractivity contribution in [3.63, 3.8) is 0 Å². The lowest BCUT2D eigenvalue weighted by atomic mass is 9.90. The molecule has 6 atom stereocenters. The average molecular weight is 562 g/mol. The maximum Gasteiger partial charge on any atom is 0.306 e. The van der Waals surface area contributed by atoms with E-state index in [4.69, 9.17) is 35.8 Å². The maximum atomic E-state index is 14.0. The van der Waals surface area contributed by atoms with Crippen LogP contribution in [-0.2, 0) is 35.4 Å². The van der Waals surface area contributed by atoms with Crippen LogP contribution < -0.4 is 5.73 Å². The number of nitrogens with zero attached hydrogens (tertiary/aromatic N) is 1. The first-order valence-corrected chi connectivity index (χ1v) is 12.9. The predicted molar refractivity (Wildman–Crippen MR) is 142 cm³/mol. The molecule has 9 nitrogen and oxygen atoms in total. The van der Waals surface area contributed by atoms with Crippen molar-refractivity contribution in [3.05, 3.63) is 60.2 Å². The summed E-state index contributed by atoms with van der Waals surface area (Å²) < 4.78 is 166. The molecule has 0 radical (unpaired) electrons. The van der Waals surface area contributed by atoms with Gasteiger partial charge in [-0.15, -0.1) is 0 Å². The zero-order valence-electron chi connectivity index (χ0n) is 35.3. The number of ether oxygens (including phenoxy) is 3. The molecule has 208 valence electrons. The Morgan fingerprint density at radius 3 is 2.76 bits per heavy atom. The van der Waals surface area contributed by atoms with Crippen LogP contribution in [0.2, 0.25) is 0 Å². The van der Waals surface area contributed by atoms with Gasteiger partial charge in [-0.1, -0.05) is 44.1 Å². The first kappa shape index (κ1) is 14.8. The summed E-state index contributed by atoms with van der Waals surface area (Å²) in [5, 5.41) is 11.7. The molecule has 2 heterocycles. The monoisotopic (exact) mass is 561 g/mol. The largest absolute Gasteiger partial charge is 0.459 e. The molecule has 2 aromatic carbocycles. The van der Waals surface area contributed by atoms with Crippen molar-refractivity contribution in [3.8, 4) is 0 Å². The van der Waals surface area contributed by atoms with Gasteiger partial charge < -0.3 is 25.1 Å². The van der Waals surface area contributed by atoms with Gasteiger partial charge in [0.2, 0.25) is 10.0 Å². The van der Waals surface area contributed by atoms with E-state index in [1.165, 1.54) is 12.1 Å². The van der Waals surface area contributed by atoms with E-state index < -0.39 is 103 Å². The molecular weight excluding hydrogens is 508 g/mol. The molecule has 0 saturated carbocycles. The van der Waals surface area contributed by atoms with Crippen molar-refractivity contribution in [2.24, 2.45) is 17.7 Å². The Balaban J connectivity index is 1.77. The van der Waals surface area contributed by atoms with Gasteiger partial charge in [0.05, 0.1) is 44.7 Å². The summed E-state index contributed by atoms with van der Waals surface area (Å²) in [6.07, 6.45) is -14.7. The number of benzene rings is 2. The lowest BCUT2D eigenvalue weighted by molar-refractivity contribution is -0.153. The number of nitrogens with two attached hydrogens (primary N) is 1. The fourth-order valence-electron chi connectivity index (χ4n) is 3.77. The molecule has 0 amide bonds. The van der Waals surface area contributed by atoms with Crippen LogP contribution in [0.1, 0.15) is 52.7 Å². The predicted octanol–water partition coefficient (Wildman–Crippen LogP) is 2.83. The van der Waals surface area contributed by atoms with Crippen LogP contribution in [0.5, 0.6) is 0 Å². The van der Waals surface area contributed by atoms with Gasteiger partial charge in [0, 0.05) is 37.0 Å². The third kappa shape index (κ3) is 7.12. The third-order valence-electron chi connectivity index (χ3n) is 5.63. The quantitative estimate of drug-likeness (QED) is 0.299. The Kier molecular flexibility index (Phi) is 4.88. The number of hydrogen-bond acceptors (Lipinski definition) is 8. The highest BCUT2D eigenvalue weighted by molar-refractivity contribution is 7.89. The Morgan fingerprint density at radius 2 is 2.05 bits per heavy atom. The number of sulfonamides is 1. The highest BCUT2D eigenvalue weighted by atomic mass is 32.2. The molecule has 0 aliphatic carbocycles. The number of aliphatic hydroxyl groups excluding tert-OH is 1. The molecule has 38 heavy (non-hydrogen) atoms. The van der Waals surface area contributed by atoms with Crippen LogP contribution in [-0.4, -0.2) is 68.4 Å². The fourth-order valence-corrected chi connectivity index (χ4v) is 5.11. The number of esters is 1. The van der Waals surface area contributed by atoms with Gasteiger partial charge in [-0.05, 0) is 48.5 Å². The third-order valence-corrected chi connectivity index (χ3v) is 7.32. The second-order valence-corrected chi connectivity index (χ2v) is 10.4. The van der Waals surface area contributed by atoms with Gasteiger partial charge in [0.15, 0.2) is 6.27 Å². The van der Waals surface area contributed by atoms with Gasteiger partial charge in [0.1, 0.15) is 6.08 Å². The zero-order chi connectivity index (χ0) is 40.6. The first-order valence-electron chi connectivity index (χ1n) is 19.0. The standard InChI is InChI=1S/C28H38N2O7S/c1-19(2)16-30(38(33,34)23-10-8-22(29)9-11-23)17-25(31)21(14-20-6-4-3-5-7-20)15-27(32)37-26-18-36-28-24(26)12-13-35-28/h3-11,19,21,24-26,28,31H,12-18,29H2,1-2H3/t21-,24+,25-,26+,28-/m1/s1/i1D3,12D2,13D2,16D2,18D2,19D,24D,26D,28D/t19?,21-,24+,25-,26+,28-. The minimum atomic E-state index is -5.12. The van der Waals surface area contributed by atoms with Crippen molar-refractivity contribution < 1.29 is 53.1 Å². The van der Waals surface area contributed by atoms with Crippen molar-refractivity contribution in [2.75, 3.05) is 31.9 Å². The van der Waals surface area contributed by atoms with Crippen LogP contribution in [0, 0.1) is 17.7 Å². The Hall–Kier alpha value is -2.50. The van der Waals surface area contributed by atoms with E-state index in [2.05, 4.69) is 4.74 Å². The van der Waals surface area contributed by atoms with E-state index in [1.807, 2.05) is 0 Å². The number of hydrogen-bond donors (Lipinski definition) is 2. The normalized spacial score (nSPS) is 40.8.